The summed E-state index contributed by atoms with van der Waals surface area (Å²) in [5.74, 6) is -0.117. The van der Waals surface area contributed by atoms with E-state index in [9.17, 15) is 9.90 Å². The van der Waals surface area contributed by atoms with Crippen molar-refractivity contribution >= 4 is 52.4 Å². The molecule has 0 spiro atoms. The zero-order valence-electron chi connectivity index (χ0n) is 20.5. The summed E-state index contributed by atoms with van der Waals surface area (Å²) in [6, 6.07) is 22.1. The highest BCUT2D eigenvalue weighted by atomic mass is 16.6. The van der Waals surface area contributed by atoms with Gasteiger partial charge in [0.05, 0.1) is 5.69 Å². The first-order valence-electron chi connectivity index (χ1n) is 11.8. The normalized spacial score (nSPS) is 14.1. The molecule has 0 radical (unpaired) electrons. The SMILES string of the molecule is CC(C)(C)OC(=O)Cn1c(/C=C/c2ccc3ccccc3c2)nc(C=C2C=Nc3ccccc32)c1O. The second kappa shape index (κ2) is 9.30. The summed E-state index contributed by atoms with van der Waals surface area (Å²) in [6.45, 7) is 5.27. The number of carbonyl (C=O) groups is 1. The van der Waals surface area contributed by atoms with Crippen LogP contribution in [-0.2, 0) is 16.1 Å². The van der Waals surface area contributed by atoms with Gasteiger partial charge in [0.1, 0.15) is 23.7 Å². The lowest BCUT2D eigenvalue weighted by molar-refractivity contribution is -0.155. The summed E-state index contributed by atoms with van der Waals surface area (Å²) >= 11 is 0. The third-order valence-corrected chi connectivity index (χ3v) is 5.75. The van der Waals surface area contributed by atoms with Crippen LogP contribution >= 0.6 is 0 Å². The zero-order valence-corrected chi connectivity index (χ0v) is 20.5. The molecule has 36 heavy (non-hydrogen) atoms. The Hall–Kier alpha value is -4.45. The van der Waals surface area contributed by atoms with Gasteiger partial charge in [-0.15, -0.1) is 0 Å². The maximum absolute atomic E-state index is 12.6. The standard InChI is InChI=1S/C30H27N3O3/c1-30(2,3)36-28(34)19-33-27(15-13-20-12-14-21-8-4-5-9-22(21)16-20)32-26(29(33)35)17-23-18-31-25-11-7-6-10-24(23)25/h4-18,35H,19H2,1-3H3/b15-13+,23-17?. The summed E-state index contributed by atoms with van der Waals surface area (Å²) < 4.78 is 6.96. The minimum Gasteiger partial charge on any atom is -0.493 e. The van der Waals surface area contributed by atoms with Gasteiger partial charge in [-0.3, -0.25) is 14.4 Å². The number of nitrogens with zero attached hydrogens (tertiary/aromatic N) is 3. The number of aromatic nitrogens is 2. The Morgan fingerprint density at radius 1 is 1.00 bits per heavy atom. The van der Waals surface area contributed by atoms with Crippen molar-refractivity contribution in [3.8, 4) is 5.88 Å². The quantitative estimate of drug-likeness (QED) is 0.332. The average molecular weight is 478 g/mol. The van der Waals surface area contributed by atoms with Crippen LogP contribution in [-0.4, -0.2) is 32.4 Å². The average Bonchev–Trinajstić information content (AvgIpc) is 3.38. The molecule has 1 aliphatic heterocycles. The molecule has 0 unspecified atom stereocenters. The molecule has 1 N–H and O–H groups in total. The number of benzene rings is 3. The van der Waals surface area contributed by atoms with Crippen molar-refractivity contribution in [3.63, 3.8) is 0 Å². The Kier molecular flexibility index (Phi) is 6.02. The number of carbonyl (C=O) groups excluding carboxylic acids is 1. The first kappa shape index (κ1) is 23.3. The molecule has 1 aliphatic rings. The van der Waals surface area contributed by atoms with Crippen LogP contribution in [0.5, 0.6) is 5.88 Å². The lowest BCUT2D eigenvalue weighted by atomic mass is 10.1. The van der Waals surface area contributed by atoms with Crippen molar-refractivity contribution < 1.29 is 14.6 Å². The van der Waals surface area contributed by atoms with Crippen LogP contribution in [0.4, 0.5) is 5.69 Å². The molecular weight excluding hydrogens is 450 g/mol. The van der Waals surface area contributed by atoms with Crippen LogP contribution in [0.3, 0.4) is 0 Å². The number of esters is 1. The Balaban J connectivity index is 1.52. The fourth-order valence-corrected chi connectivity index (χ4v) is 4.15. The highest BCUT2D eigenvalue weighted by Gasteiger charge is 2.22. The highest BCUT2D eigenvalue weighted by Crippen LogP contribution is 2.34. The smallest absolute Gasteiger partial charge is 0.326 e. The van der Waals surface area contributed by atoms with Crippen molar-refractivity contribution in [2.24, 2.45) is 4.99 Å². The van der Waals surface area contributed by atoms with Crippen molar-refractivity contribution in [1.82, 2.24) is 9.55 Å². The van der Waals surface area contributed by atoms with E-state index in [0.29, 0.717) is 11.5 Å². The third kappa shape index (κ3) is 4.98. The van der Waals surface area contributed by atoms with Gasteiger partial charge in [0.25, 0.3) is 0 Å². The van der Waals surface area contributed by atoms with Crippen molar-refractivity contribution in [3.05, 3.63) is 89.4 Å². The summed E-state index contributed by atoms with van der Waals surface area (Å²) in [6.07, 6.45) is 7.25. The van der Waals surface area contributed by atoms with Crippen LogP contribution < -0.4 is 0 Å². The van der Waals surface area contributed by atoms with E-state index in [1.54, 1.807) is 18.4 Å². The fraction of sp³-hybridized carbons (Fsp3) is 0.167. The molecule has 3 aromatic carbocycles. The maximum atomic E-state index is 12.6. The molecule has 1 aromatic heterocycles. The van der Waals surface area contributed by atoms with Gasteiger partial charge < -0.3 is 9.84 Å². The Bertz CT molecular complexity index is 1550. The number of aromatic hydroxyl groups is 1. The van der Waals surface area contributed by atoms with Crippen LogP contribution in [0.2, 0.25) is 0 Å². The maximum Gasteiger partial charge on any atom is 0.326 e. The number of fused-ring (bicyclic) bond motifs is 2. The van der Waals surface area contributed by atoms with E-state index < -0.39 is 11.6 Å². The van der Waals surface area contributed by atoms with Crippen LogP contribution in [0.25, 0.3) is 34.6 Å². The Morgan fingerprint density at radius 3 is 2.56 bits per heavy atom. The number of ether oxygens (including phenoxy) is 1. The molecule has 2 heterocycles. The van der Waals surface area contributed by atoms with Gasteiger partial charge >= 0.3 is 5.97 Å². The van der Waals surface area contributed by atoms with E-state index in [4.69, 9.17) is 4.74 Å². The summed E-state index contributed by atoms with van der Waals surface area (Å²) in [5.41, 5.74) is 3.38. The largest absolute Gasteiger partial charge is 0.493 e. The number of imidazole rings is 1. The van der Waals surface area contributed by atoms with Gasteiger partial charge in [-0.1, -0.05) is 60.7 Å². The molecule has 0 fully saturated rings. The summed E-state index contributed by atoms with van der Waals surface area (Å²) in [7, 11) is 0. The van der Waals surface area contributed by atoms with E-state index >= 15 is 0 Å². The first-order valence-corrected chi connectivity index (χ1v) is 11.8. The lowest BCUT2D eigenvalue weighted by Crippen LogP contribution is -2.26. The second-order valence-corrected chi connectivity index (χ2v) is 9.67. The first-order chi connectivity index (χ1) is 17.3. The summed E-state index contributed by atoms with van der Waals surface area (Å²) in [5, 5.41) is 13.4. The van der Waals surface area contributed by atoms with Crippen molar-refractivity contribution in [2.75, 3.05) is 0 Å². The van der Waals surface area contributed by atoms with E-state index in [1.165, 1.54) is 4.57 Å². The fourth-order valence-electron chi connectivity index (χ4n) is 4.15. The molecule has 0 aliphatic carbocycles. The van der Waals surface area contributed by atoms with E-state index in [0.717, 1.165) is 33.2 Å². The van der Waals surface area contributed by atoms with Gasteiger partial charge in [-0.2, -0.15) is 0 Å². The van der Waals surface area contributed by atoms with Crippen LogP contribution in [0.1, 0.15) is 43.4 Å². The third-order valence-electron chi connectivity index (χ3n) is 5.75. The predicted molar refractivity (Wildman–Crippen MR) is 145 cm³/mol. The van der Waals surface area contributed by atoms with E-state index in [-0.39, 0.29) is 12.4 Å². The molecule has 5 rings (SSSR count). The molecule has 0 atom stereocenters. The summed E-state index contributed by atoms with van der Waals surface area (Å²) in [4.78, 5) is 21.7. The van der Waals surface area contributed by atoms with Crippen molar-refractivity contribution in [2.45, 2.75) is 32.9 Å². The number of rotatable bonds is 5. The topological polar surface area (TPSA) is 76.7 Å². The number of hydrogen-bond acceptors (Lipinski definition) is 5. The van der Waals surface area contributed by atoms with Gasteiger partial charge in [-0.25, -0.2) is 4.98 Å². The van der Waals surface area contributed by atoms with E-state index in [1.807, 2.05) is 69.3 Å². The minimum absolute atomic E-state index is 0.107. The molecule has 0 bridgehead atoms. The number of para-hydroxylation sites is 1. The molecule has 6 heteroatoms. The van der Waals surface area contributed by atoms with E-state index in [2.05, 4.69) is 34.2 Å². The molecule has 0 saturated heterocycles. The molecular formula is C30H27N3O3. The second-order valence-electron chi connectivity index (χ2n) is 9.67. The van der Waals surface area contributed by atoms with Gasteiger partial charge in [-0.05, 0) is 61.4 Å². The van der Waals surface area contributed by atoms with Gasteiger partial charge in [0, 0.05) is 17.4 Å². The monoisotopic (exact) mass is 477 g/mol. The van der Waals surface area contributed by atoms with Crippen LogP contribution in [0, 0.1) is 0 Å². The minimum atomic E-state index is -0.636. The van der Waals surface area contributed by atoms with Crippen LogP contribution in [0.15, 0.2) is 71.7 Å². The van der Waals surface area contributed by atoms with Gasteiger partial charge in [0.2, 0.25) is 5.88 Å². The van der Waals surface area contributed by atoms with Gasteiger partial charge in [0.15, 0.2) is 0 Å². The number of allylic oxidation sites excluding steroid dienone is 1. The number of hydrogen-bond donors (Lipinski definition) is 1. The van der Waals surface area contributed by atoms with Crippen molar-refractivity contribution in [1.29, 1.82) is 0 Å². The zero-order chi connectivity index (χ0) is 25.3. The molecule has 180 valence electrons. The molecule has 0 amide bonds. The Labute approximate surface area is 209 Å². The Morgan fingerprint density at radius 2 is 1.75 bits per heavy atom. The molecule has 0 saturated carbocycles. The lowest BCUT2D eigenvalue weighted by Gasteiger charge is -2.20. The molecule has 6 nitrogen and oxygen atoms in total. The highest BCUT2D eigenvalue weighted by molar-refractivity contribution is 6.21. The molecule has 4 aromatic rings. The predicted octanol–water partition coefficient (Wildman–Crippen LogP) is 6.51. The number of aliphatic imine (C=N–C) groups is 1.